The lowest BCUT2D eigenvalue weighted by Gasteiger charge is -2.28. The fourth-order valence-electron chi connectivity index (χ4n) is 5.05. The number of amides is 1. The Labute approximate surface area is 198 Å². The van der Waals surface area contributed by atoms with Gasteiger partial charge in [-0.2, -0.15) is 5.26 Å². The third-order valence-corrected chi connectivity index (χ3v) is 6.79. The van der Waals surface area contributed by atoms with Crippen molar-refractivity contribution in [2.75, 3.05) is 19.6 Å². The number of aldehydes is 1. The Morgan fingerprint density at radius 3 is 2.94 bits per heavy atom. The molecule has 4 rings (SSSR count). The number of aromatic amines is 1. The van der Waals surface area contributed by atoms with Crippen LogP contribution in [-0.2, 0) is 9.59 Å². The highest BCUT2D eigenvalue weighted by Crippen LogP contribution is 2.25. The average Bonchev–Trinajstić information content (AvgIpc) is 3.58. The number of tetrazole rings is 1. The van der Waals surface area contributed by atoms with Crippen molar-refractivity contribution in [3.8, 4) is 17.5 Å². The Morgan fingerprint density at radius 2 is 2.24 bits per heavy atom. The first kappa shape index (κ1) is 23.9. The van der Waals surface area contributed by atoms with Gasteiger partial charge in [0.1, 0.15) is 12.3 Å². The van der Waals surface area contributed by atoms with Gasteiger partial charge in [-0.3, -0.25) is 9.69 Å². The maximum atomic E-state index is 12.9. The maximum Gasteiger partial charge on any atom is 0.241 e. The lowest BCUT2D eigenvalue weighted by Crippen LogP contribution is -2.52. The summed E-state index contributed by atoms with van der Waals surface area (Å²) in [4.78, 5) is 28.3. The van der Waals surface area contributed by atoms with Crippen molar-refractivity contribution in [3.05, 3.63) is 29.8 Å². The normalized spacial score (nSPS) is 26.8. The predicted octanol–water partition coefficient (Wildman–Crippen LogP) is 0.247. The topological polar surface area (TPSA) is 157 Å². The Hall–Kier alpha value is -3.20. The third-order valence-electron chi connectivity index (χ3n) is 6.79. The summed E-state index contributed by atoms with van der Waals surface area (Å²) in [7, 11) is 0. The molecule has 180 valence electrons. The van der Waals surface area contributed by atoms with E-state index in [9.17, 15) is 14.9 Å². The fourth-order valence-corrected chi connectivity index (χ4v) is 5.05. The number of likely N-dealkylation sites (tertiary alicyclic amines) is 2. The van der Waals surface area contributed by atoms with Crippen LogP contribution in [0.15, 0.2) is 24.3 Å². The molecule has 0 bridgehead atoms. The maximum absolute atomic E-state index is 12.9. The Bertz CT molecular complexity index is 1040. The molecule has 2 saturated heterocycles. The standard InChI is InChI=1S/C23H31N9O2/c1-14-6-19(9-24)32(10-14)23(34)21(25)12-31-11-18(8-20(31)13-33)26-15(2)16-4-3-5-17(7-16)22-27-29-30-28-22/h3-5,7,13-15,18-21,26H,6,8,10-12,25H2,1-2H3,(H,27,28,29,30)/t14?,15?,18-,19?,20?,21?/m0/s1. The lowest BCUT2D eigenvalue weighted by molar-refractivity contribution is -0.133. The minimum Gasteiger partial charge on any atom is -0.325 e. The number of nitriles is 1. The van der Waals surface area contributed by atoms with Crippen LogP contribution in [0.1, 0.15) is 38.3 Å². The molecule has 0 aliphatic carbocycles. The van der Waals surface area contributed by atoms with Crippen LogP contribution >= 0.6 is 0 Å². The number of nitrogens with two attached hydrogens (primary N) is 1. The molecule has 2 aliphatic rings. The Morgan fingerprint density at radius 1 is 1.41 bits per heavy atom. The number of rotatable bonds is 8. The third kappa shape index (κ3) is 5.14. The van der Waals surface area contributed by atoms with E-state index in [1.165, 1.54) is 0 Å². The van der Waals surface area contributed by atoms with Gasteiger partial charge in [0.15, 0.2) is 5.82 Å². The zero-order valence-corrected chi connectivity index (χ0v) is 19.5. The molecule has 11 nitrogen and oxygen atoms in total. The molecule has 2 aliphatic heterocycles. The summed E-state index contributed by atoms with van der Waals surface area (Å²) < 4.78 is 0. The molecule has 1 aromatic heterocycles. The summed E-state index contributed by atoms with van der Waals surface area (Å²) in [5.74, 6) is 0.667. The number of nitrogens with zero attached hydrogens (tertiary/aromatic N) is 6. The van der Waals surface area contributed by atoms with Crippen molar-refractivity contribution in [2.24, 2.45) is 11.7 Å². The van der Waals surface area contributed by atoms with Gasteiger partial charge >= 0.3 is 0 Å². The van der Waals surface area contributed by atoms with Crippen molar-refractivity contribution < 1.29 is 9.59 Å². The van der Waals surface area contributed by atoms with Gasteiger partial charge in [0.05, 0.1) is 18.2 Å². The molecular formula is C23H31N9O2. The minimum atomic E-state index is -0.771. The molecule has 4 N–H and O–H groups in total. The number of H-pyrrole nitrogens is 1. The molecule has 1 amide bonds. The van der Waals surface area contributed by atoms with E-state index in [1.54, 1.807) is 4.90 Å². The van der Waals surface area contributed by atoms with Crippen molar-refractivity contribution in [3.63, 3.8) is 0 Å². The number of carbonyl (C=O) groups excluding carboxylic acids is 2. The van der Waals surface area contributed by atoms with E-state index >= 15 is 0 Å². The zero-order valence-electron chi connectivity index (χ0n) is 19.5. The number of aromatic nitrogens is 4. The second kappa shape index (κ2) is 10.4. The van der Waals surface area contributed by atoms with E-state index in [0.29, 0.717) is 31.8 Å². The Balaban J connectivity index is 1.36. The van der Waals surface area contributed by atoms with E-state index in [2.05, 4.69) is 38.9 Å². The molecule has 1 aromatic carbocycles. The lowest BCUT2D eigenvalue weighted by atomic mass is 10.0. The monoisotopic (exact) mass is 465 g/mol. The highest BCUT2D eigenvalue weighted by atomic mass is 16.2. The molecular weight excluding hydrogens is 434 g/mol. The Kier molecular flexibility index (Phi) is 7.31. The minimum absolute atomic E-state index is 0.0332. The number of nitrogens with one attached hydrogen (secondary N) is 2. The molecule has 11 heteroatoms. The largest absolute Gasteiger partial charge is 0.325 e. The zero-order chi connectivity index (χ0) is 24.2. The molecule has 2 fully saturated rings. The molecule has 2 aromatic rings. The summed E-state index contributed by atoms with van der Waals surface area (Å²) in [5, 5.41) is 27.0. The molecule has 34 heavy (non-hydrogen) atoms. The first-order valence-corrected chi connectivity index (χ1v) is 11.6. The average molecular weight is 466 g/mol. The predicted molar refractivity (Wildman–Crippen MR) is 124 cm³/mol. The highest BCUT2D eigenvalue weighted by molar-refractivity contribution is 5.83. The summed E-state index contributed by atoms with van der Waals surface area (Å²) in [6, 6.07) is 8.77. The van der Waals surface area contributed by atoms with Gasteiger partial charge < -0.3 is 20.7 Å². The van der Waals surface area contributed by atoms with Crippen LogP contribution in [0, 0.1) is 17.2 Å². The van der Waals surface area contributed by atoms with E-state index in [1.807, 2.05) is 36.1 Å². The SMILES string of the molecule is CC1CC(C#N)N(C(=O)C(N)CN2C[C@@H](NC(C)c3cccc(-c4nnn[nH]4)c3)CC2C=O)C1. The molecule has 6 atom stereocenters. The van der Waals surface area contributed by atoms with Crippen molar-refractivity contribution >= 4 is 12.2 Å². The summed E-state index contributed by atoms with van der Waals surface area (Å²) in [6.45, 7) is 5.54. The van der Waals surface area contributed by atoms with E-state index in [0.717, 1.165) is 17.4 Å². The molecule has 0 spiro atoms. The summed E-state index contributed by atoms with van der Waals surface area (Å²) >= 11 is 0. The fraction of sp³-hybridized carbons (Fsp3) is 0.565. The molecule has 0 saturated carbocycles. The highest BCUT2D eigenvalue weighted by Gasteiger charge is 2.38. The second-order valence-corrected chi connectivity index (χ2v) is 9.44. The van der Waals surface area contributed by atoms with Gasteiger partial charge in [-0.15, -0.1) is 5.10 Å². The molecule has 0 radical (unpaired) electrons. The first-order chi connectivity index (χ1) is 16.4. The number of hydrogen-bond donors (Lipinski definition) is 3. The van der Waals surface area contributed by atoms with Gasteiger partial charge in [-0.25, -0.2) is 5.10 Å². The van der Waals surface area contributed by atoms with Gasteiger partial charge in [0.25, 0.3) is 0 Å². The van der Waals surface area contributed by atoms with E-state index < -0.39 is 12.1 Å². The van der Waals surface area contributed by atoms with Crippen LogP contribution in [0.2, 0.25) is 0 Å². The number of carbonyl (C=O) groups is 2. The van der Waals surface area contributed by atoms with Crippen molar-refractivity contribution in [1.29, 1.82) is 5.26 Å². The first-order valence-electron chi connectivity index (χ1n) is 11.6. The van der Waals surface area contributed by atoms with Gasteiger partial charge in [-0.05, 0) is 47.7 Å². The summed E-state index contributed by atoms with van der Waals surface area (Å²) in [6.07, 6.45) is 2.24. The smallest absolute Gasteiger partial charge is 0.241 e. The van der Waals surface area contributed by atoms with Crippen LogP contribution in [-0.4, -0.2) is 86.4 Å². The summed E-state index contributed by atoms with van der Waals surface area (Å²) in [5.41, 5.74) is 8.23. The quantitative estimate of drug-likeness (QED) is 0.465. The number of hydrogen-bond acceptors (Lipinski definition) is 9. The van der Waals surface area contributed by atoms with Crippen molar-refractivity contribution in [2.45, 2.75) is 56.9 Å². The van der Waals surface area contributed by atoms with E-state index in [4.69, 9.17) is 5.73 Å². The van der Waals surface area contributed by atoms with Crippen LogP contribution in [0.5, 0.6) is 0 Å². The van der Waals surface area contributed by atoms with E-state index in [-0.39, 0.29) is 36.5 Å². The molecule has 5 unspecified atom stereocenters. The van der Waals surface area contributed by atoms with Crippen molar-refractivity contribution in [1.82, 2.24) is 35.7 Å². The van der Waals surface area contributed by atoms with Crippen LogP contribution in [0.4, 0.5) is 0 Å². The van der Waals surface area contributed by atoms with Crippen LogP contribution in [0.25, 0.3) is 11.4 Å². The number of benzene rings is 1. The second-order valence-electron chi connectivity index (χ2n) is 9.44. The van der Waals surface area contributed by atoms with Gasteiger partial charge in [0, 0.05) is 37.3 Å². The van der Waals surface area contributed by atoms with Gasteiger partial charge in [-0.1, -0.05) is 25.1 Å². The van der Waals surface area contributed by atoms with Crippen LogP contribution < -0.4 is 11.1 Å². The van der Waals surface area contributed by atoms with Crippen LogP contribution in [0.3, 0.4) is 0 Å². The van der Waals surface area contributed by atoms with Gasteiger partial charge in [0.2, 0.25) is 5.91 Å². The molecule has 3 heterocycles.